The summed E-state index contributed by atoms with van der Waals surface area (Å²) in [5, 5.41) is 0. The summed E-state index contributed by atoms with van der Waals surface area (Å²) in [5.74, 6) is -1.42. The number of rotatable bonds is 4. The predicted octanol–water partition coefficient (Wildman–Crippen LogP) is 1.89. The molecule has 1 unspecified atom stereocenters. The number of thioether (sulfide) groups is 1. The summed E-state index contributed by atoms with van der Waals surface area (Å²) in [6, 6.07) is 7.25. The minimum atomic E-state index is -0.569. The van der Waals surface area contributed by atoms with Crippen LogP contribution in [0.5, 0.6) is 0 Å². The molecular formula is C15H15NO3S. The number of hydrogen-bond donors (Lipinski definition) is 1. The number of carbonyl (C=O) groups is 3. The average Bonchev–Trinajstić information content (AvgIpc) is 2.65. The van der Waals surface area contributed by atoms with Crippen molar-refractivity contribution in [2.75, 3.05) is 6.26 Å². The third kappa shape index (κ3) is 2.41. The molecule has 0 heterocycles. The highest BCUT2D eigenvalue weighted by atomic mass is 32.2. The molecule has 2 rings (SSSR count). The number of nitrogens with two attached hydrogens (primary N) is 1. The normalized spacial score (nSPS) is 19.7. The topological polar surface area (TPSA) is 77.2 Å². The zero-order valence-electron chi connectivity index (χ0n) is 11.3. The summed E-state index contributed by atoms with van der Waals surface area (Å²) >= 11 is 1.26. The van der Waals surface area contributed by atoms with Crippen molar-refractivity contribution >= 4 is 34.8 Å². The van der Waals surface area contributed by atoms with E-state index in [-0.39, 0.29) is 18.0 Å². The van der Waals surface area contributed by atoms with Gasteiger partial charge in [0.1, 0.15) is 0 Å². The van der Waals surface area contributed by atoms with Gasteiger partial charge in [-0.25, -0.2) is 0 Å². The monoisotopic (exact) mass is 289 g/mol. The predicted molar refractivity (Wildman–Crippen MR) is 79.1 cm³/mol. The molecule has 1 aliphatic rings. The Kier molecular flexibility index (Phi) is 4.09. The van der Waals surface area contributed by atoms with E-state index in [4.69, 9.17) is 5.73 Å². The van der Waals surface area contributed by atoms with Crippen LogP contribution in [0.2, 0.25) is 0 Å². The van der Waals surface area contributed by atoms with E-state index in [0.717, 1.165) is 11.1 Å². The largest absolute Gasteiger partial charge is 0.370 e. The molecule has 20 heavy (non-hydrogen) atoms. The maximum atomic E-state index is 12.6. The second-order valence-corrected chi connectivity index (χ2v) is 5.46. The molecule has 0 spiro atoms. The summed E-state index contributed by atoms with van der Waals surface area (Å²) in [6.07, 6.45) is 1.74. The van der Waals surface area contributed by atoms with Gasteiger partial charge in [-0.3, -0.25) is 14.4 Å². The third-order valence-corrected chi connectivity index (χ3v) is 4.22. The Labute approximate surface area is 121 Å². The Morgan fingerprint density at radius 1 is 1.30 bits per heavy atom. The van der Waals surface area contributed by atoms with Crippen LogP contribution < -0.4 is 5.73 Å². The van der Waals surface area contributed by atoms with Gasteiger partial charge in [0.2, 0.25) is 5.91 Å². The summed E-state index contributed by atoms with van der Waals surface area (Å²) < 4.78 is 0. The van der Waals surface area contributed by atoms with E-state index in [1.54, 1.807) is 6.26 Å². The molecule has 1 amide bonds. The van der Waals surface area contributed by atoms with E-state index < -0.39 is 11.8 Å². The van der Waals surface area contributed by atoms with Crippen LogP contribution >= 0.6 is 11.8 Å². The van der Waals surface area contributed by atoms with E-state index >= 15 is 0 Å². The molecule has 5 heteroatoms. The molecule has 4 nitrogen and oxygen atoms in total. The highest BCUT2D eigenvalue weighted by Gasteiger charge is 2.38. The highest BCUT2D eigenvalue weighted by Crippen LogP contribution is 2.43. The number of fused-ring (bicyclic) bond motifs is 1. The van der Waals surface area contributed by atoms with Crippen LogP contribution in [0.3, 0.4) is 0 Å². The summed E-state index contributed by atoms with van der Waals surface area (Å²) in [5.41, 5.74) is 7.17. The van der Waals surface area contributed by atoms with Crippen molar-refractivity contribution < 1.29 is 14.4 Å². The first-order chi connectivity index (χ1) is 9.47. The molecule has 1 atom stereocenters. The molecule has 0 aliphatic heterocycles. The lowest BCUT2D eigenvalue weighted by molar-refractivity contribution is -0.122. The second kappa shape index (κ2) is 5.63. The summed E-state index contributed by atoms with van der Waals surface area (Å²) in [6.45, 7) is 1.44. The van der Waals surface area contributed by atoms with Gasteiger partial charge < -0.3 is 5.73 Å². The van der Waals surface area contributed by atoms with Crippen LogP contribution in [0.4, 0.5) is 0 Å². The number of amides is 1. The van der Waals surface area contributed by atoms with Gasteiger partial charge in [-0.2, -0.15) is 0 Å². The van der Waals surface area contributed by atoms with Crippen molar-refractivity contribution in [1.29, 1.82) is 0 Å². The molecule has 0 radical (unpaired) electrons. The van der Waals surface area contributed by atoms with Crippen molar-refractivity contribution in [1.82, 2.24) is 0 Å². The summed E-state index contributed by atoms with van der Waals surface area (Å²) in [4.78, 5) is 35.9. The van der Waals surface area contributed by atoms with Crippen molar-refractivity contribution in [3.8, 4) is 0 Å². The fraction of sp³-hybridized carbons (Fsp3) is 0.267. The minimum absolute atomic E-state index is 0.0289. The molecule has 0 fully saturated rings. The van der Waals surface area contributed by atoms with Crippen molar-refractivity contribution in [2.45, 2.75) is 19.3 Å². The molecule has 1 aliphatic carbocycles. The van der Waals surface area contributed by atoms with E-state index in [2.05, 4.69) is 0 Å². The Bertz CT molecular complexity index is 634. The van der Waals surface area contributed by atoms with Crippen LogP contribution in [0, 0.1) is 0 Å². The molecule has 0 saturated heterocycles. The van der Waals surface area contributed by atoms with Crippen LogP contribution in [-0.2, 0) is 14.4 Å². The first kappa shape index (κ1) is 14.5. The van der Waals surface area contributed by atoms with E-state index in [1.807, 2.05) is 24.3 Å². The summed E-state index contributed by atoms with van der Waals surface area (Å²) in [7, 11) is 0. The van der Waals surface area contributed by atoms with Crippen molar-refractivity contribution in [3.63, 3.8) is 0 Å². The Morgan fingerprint density at radius 3 is 2.50 bits per heavy atom. The van der Waals surface area contributed by atoms with Crippen LogP contribution in [0.1, 0.15) is 30.4 Å². The minimum Gasteiger partial charge on any atom is -0.370 e. The van der Waals surface area contributed by atoms with Gasteiger partial charge in [-0.1, -0.05) is 24.3 Å². The van der Waals surface area contributed by atoms with Crippen molar-refractivity contribution in [2.24, 2.45) is 5.73 Å². The van der Waals surface area contributed by atoms with Crippen molar-refractivity contribution in [3.05, 3.63) is 40.3 Å². The van der Waals surface area contributed by atoms with Gasteiger partial charge in [-0.15, -0.1) is 11.8 Å². The molecule has 0 saturated carbocycles. The van der Waals surface area contributed by atoms with Crippen LogP contribution in [-0.4, -0.2) is 23.7 Å². The van der Waals surface area contributed by atoms with Crippen LogP contribution in [0.25, 0.3) is 5.57 Å². The lowest BCUT2D eigenvalue weighted by Crippen LogP contribution is -2.18. The van der Waals surface area contributed by atoms with Gasteiger partial charge in [0.15, 0.2) is 11.6 Å². The number of primary amides is 1. The maximum Gasteiger partial charge on any atom is 0.218 e. The zero-order chi connectivity index (χ0) is 14.9. The molecule has 1 aromatic rings. The van der Waals surface area contributed by atoms with E-state index in [9.17, 15) is 14.4 Å². The number of benzene rings is 1. The number of carbonyl (C=O) groups excluding carboxylic acids is 3. The van der Waals surface area contributed by atoms with E-state index in [1.165, 1.54) is 18.7 Å². The van der Waals surface area contributed by atoms with E-state index in [0.29, 0.717) is 10.5 Å². The number of ketones is 2. The molecule has 0 bridgehead atoms. The Hall–Kier alpha value is -1.88. The fourth-order valence-corrected chi connectivity index (χ4v) is 3.24. The van der Waals surface area contributed by atoms with Gasteiger partial charge in [0, 0.05) is 12.0 Å². The quantitative estimate of drug-likeness (QED) is 0.859. The number of Topliss-reactive ketones (excluding diaryl/α,β-unsaturated/α-hetero) is 2. The maximum absolute atomic E-state index is 12.6. The lowest BCUT2D eigenvalue weighted by atomic mass is 9.97. The third-order valence-electron chi connectivity index (χ3n) is 3.32. The zero-order valence-corrected chi connectivity index (χ0v) is 12.1. The van der Waals surface area contributed by atoms with Crippen LogP contribution in [0.15, 0.2) is 29.2 Å². The molecule has 0 aromatic heterocycles. The Balaban J connectivity index is 2.65. The molecule has 104 valence electrons. The molecule has 1 aromatic carbocycles. The number of allylic oxidation sites excluding steroid dienone is 2. The van der Waals surface area contributed by atoms with Gasteiger partial charge >= 0.3 is 0 Å². The lowest BCUT2D eigenvalue weighted by Gasteiger charge is -2.06. The van der Waals surface area contributed by atoms with Gasteiger partial charge in [0.25, 0.3) is 0 Å². The average molecular weight is 289 g/mol. The standard InChI is InChI=1S/C15H15NO3S/c1-8(17)15(20-2)13-10-6-4-3-5-9(10)11(14(13)19)7-12(16)18/h3-6,11H,7H2,1-2H3,(H2,16,18)/b15-13-. The van der Waals surface area contributed by atoms with Gasteiger partial charge in [-0.05, 0) is 24.3 Å². The SMILES string of the molecule is CS/C(C(C)=O)=C1\C(=O)C(CC(N)=O)c2ccccc21. The number of hydrogen-bond acceptors (Lipinski definition) is 4. The smallest absolute Gasteiger partial charge is 0.218 e. The second-order valence-electron chi connectivity index (χ2n) is 4.64. The first-order valence-electron chi connectivity index (χ1n) is 6.18. The Morgan fingerprint density at radius 2 is 1.95 bits per heavy atom. The molecule has 2 N–H and O–H groups in total. The first-order valence-corrected chi connectivity index (χ1v) is 7.40. The highest BCUT2D eigenvalue weighted by molar-refractivity contribution is 8.03. The van der Waals surface area contributed by atoms with Gasteiger partial charge in [0.05, 0.1) is 10.8 Å². The molecular weight excluding hydrogens is 274 g/mol. The fourth-order valence-electron chi connectivity index (χ4n) is 2.54.